The molecule has 0 aliphatic rings. The number of nitrogens with zero attached hydrogens (tertiary/aromatic N) is 1. The van der Waals surface area contributed by atoms with Crippen molar-refractivity contribution in [1.29, 1.82) is 0 Å². The lowest BCUT2D eigenvalue weighted by molar-refractivity contribution is 0.0954. The van der Waals surface area contributed by atoms with Crippen LogP contribution in [-0.4, -0.2) is 18.0 Å². The summed E-state index contributed by atoms with van der Waals surface area (Å²) in [4.78, 5) is 24.4. The molecule has 0 aliphatic carbocycles. The first-order chi connectivity index (χ1) is 13.5. The van der Waals surface area contributed by atoms with E-state index in [1.165, 1.54) is 5.56 Å². The molecule has 5 heteroatoms. The summed E-state index contributed by atoms with van der Waals surface area (Å²) in [6, 6.07) is 21.6. The molecule has 140 valence electrons. The molecule has 3 rings (SSSR count). The first-order valence-electron chi connectivity index (χ1n) is 8.90. The monoisotopic (exact) mass is 371 g/mol. The molecule has 0 aromatic heterocycles. The maximum atomic E-state index is 12.2. The number of carbonyl (C=O) groups excluding carboxylic acids is 2. The Morgan fingerprint density at radius 1 is 0.821 bits per heavy atom. The Kier molecular flexibility index (Phi) is 5.97. The van der Waals surface area contributed by atoms with Gasteiger partial charge in [-0.25, -0.2) is 5.43 Å². The SMILES string of the molecule is Cc1ccc(C=NNC(=O)c2ccc(NC(=O)c3ccccc3)cc2)c(C)c1. The standard InChI is InChI=1S/C23H21N3O2/c1-16-8-9-20(17(2)14-16)15-24-26-23(28)19-10-12-21(13-11-19)25-22(27)18-6-4-3-5-7-18/h3-15H,1-2H3,(H,25,27)(H,26,28). The van der Waals surface area contributed by atoms with Crippen LogP contribution in [0.3, 0.4) is 0 Å². The van der Waals surface area contributed by atoms with E-state index in [1.54, 1.807) is 54.7 Å². The van der Waals surface area contributed by atoms with Gasteiger partial charge in [-0.2, -0.15) is 5.10 Å². The second kappa shape index (κ2) is 8.77. The second-order valence-electron chi connectivity index (χ2n) is 6.46. The molecule has 0 spiro atoms. The fourth-order valence-electron chi connectivity index (χ4n) is 2.69. The first-order valence-corrected chi connectivity index (χ1v) is 8.90. The summed E-state index contributed by atoms with van der Waals surface area (Å²) < 4.78 is 0. The molecule has 28 heavy (non-hydrogen) atoms. The van der Waals surface area contributed by atoms with Gasteiger partial charge in [0.05, 0.1) is 6.21 Å². The fourth-order valence-corrected chi connectivity index (χ4v) is 2.69. The van der Waals surface area contributed by atoms with E-state index in [1.807, 2.05) is 32.0 Å². The summed E-state index contributed by atoms with van der Waals surface area (Å²) in [5.74, 6) is -0.516. The van der Waals surface area contributed by atoms with E-state index in [0.717, 1.165) is 11.1 Å². The molecule has 0 atom stereocenters. The van der Waals surface area contributed by atoms with Crippen molar-refractivity contribution in [2.75, 3.05) is 5.32 Å². The highest BCUT2D eigenvalue weighted by Crippen LogP contribution is 2.12. The average molecular weight is 371 g/mol. The lowest BCUT2D eigenvalue weighted by Crippen LogP contribution is -2.18. The number of hydrogen-bond acceptors (Lipinski definition) is 3. The Bertz CT molecular complexity index is 1010. The van der Waals surface area contributed by atoms with Crippen LogP contribution in [0.4, 0.5) is 5.69 Å². The molecule has 2 N–H and O–H groups in total. The summed E-state index contributed by atoms with van der Waals surface area (Å²) in [7, 11) is 0. The average Bonchev–Trinajstić information content (AvgIpc) is 2.70. The van der Waals surface area contributed by atoms with Gasteiger partial charge in [-0.1, -0.05) is 42.0 Å². The number of rotatable bonds is 5. The highest BCUT2D eigenvalue weighted by atomic mass is 16.2. The maximum Gasteiger partial charge on any atom is 0.271 e. The van der Waals surface area contributed by atoms with Crippen LogP contribution in [0.25, 0.3) is 0 Å². The Balaban J connectivity index is 1.59. The van der Waals surface area contributed by atoms with Crippen molar-refractivity contribution in [3.63, 3.8) is 0 Å². The van der Waals surface area contributed by atoms with Gasteiger partial charge in [-0.05, 0) is 61.4 Å². The van der Waals surface area contributed by atoms with E-state index in [4.69, 9.17) is 0 Å². The number of aryl methyl sites for hydroxylation is 2. The topological polar surface area (TPSA) is 70.6 Å². The number of hydrazone groups is 1. The molecule has 0 heterocycles. The van der Waals surface area contributed by atoms with Crippen molar-refractivity contribution in [2.24, 2.45) is 5.10 Å². The molecule has 5 nitrogen and oxygen atoms in total. The van der Waals surface area contributed by atoms with Crippen LogP contribution in [-0.2, 0) is 0 Å². The van der Waals surface area contributed by atoms with Gasteiger partial charge in [0, 0.05) is 16.8 Å². The minimum atomic E-state index is -0.318. The van der Waals surface area contributed by atoms with Crippen LogP contribution in [0.15, 0.2) is 77.9 Å². The highest BCUT2D eigenvalue weighted by Gasteiger charge is 2.07. The van der Waals surface area contributed by atoms with E-state index < -0.39 is 0 Å². The number of hydrogen-bond donors (Lipinski definition) is 2. The summed E-state index contributed by atoms with van der Waals surface area (Å²) >= 11 is 0. The summed E-state index contributed by atoms with van der Waals surface area (Å²) in [5.41, 5.74) is 7.38. The number of anilines is 1. The van der Waals surface area contributed by atoms with Crippen molar-refractivity contribution in [3.05, 3.63) is 101 Å². The van der Waals surface area contributed by atoms with Gasteiger partial charge in [-0.3, -0.25) is 9.59 Å². The molecule has 3 aromatic carbocycles. The Labute approximate surface area is 164 Å². The van der Waals surface area contributed by atoms with E-state index in [9.17, 15) is 9.59 Å². The van der Waals surface area contributed by atoms with E-state index in [0.29, 0.717) is 16.8 Å². The zero-order valence-electron chi connectivity index (χ0n) is 15.8. The van der Waals surface area contributed by atoms with Gasteiger partial charge in [0.2, 0.25) is 0 Å². The van der Waals surface area contributed by atoms with Gasteiger partial charge in [0.1, 0.15) is 0 Å². The van der Waals surface area contributed by atoms with Crippen molar-refractivity contribution >= 4 is 23.7 Å². The third-order valence-corrected chi connectivity index (χ3v) is 4.24. The zero-order chi connectivity index (χ0) is 19.9. The molecule has 0 bridgehead atoms. The maximum absolute atomic E-state index is 12.2. The predicted molar refractivity (Wildman–Crippen MR) is 112 cm³/mol. The lowest BCUT2D eigenvalue weighted by Gasteiger charge is -2.06. The third-order valence-electron chi connectivity index (χ3n) is 4.24. The van der Waals surface area contributed by atoms with Crippen molar-refractivity contribution in [3.8, 4) is 0 Å². The van der Waals surface area contributed by atoms with Crippen LogP contribution < -0.4 is 10.7 Å². The predicted octanol–water partition coefficient (Wildman–Crippen LogP) is 4.32. The summed E-state index contributed by atoms with van der Waals surface area (Å²) in [5, 5.41) is 6.82. The Morgan fingerprint density at radius 3 is 2.18 bits per heavy atom. The van der Waals surface area contributed by atoms with Gasteiger partial charge in [-0.15, -0.1) is 0 Å². The number of benzene rings is 3. The van der Waals surface area contributed by atoms with Crippen LogP contribution >= 0.6 is 0 Å². The highest BCUT2D eigenvalue weighted by molar-refractivity contribution is 6.04. The summed E-state index contributed by atoms with van der Waals surface area (Å²) in [6.45, 7) is 4.03. The van der Waals surface area contributed by atoms with Crippen LogP contribution in [0.5, 0.6) is 0 Å². The van der Waals surface area contributed by atoms with Crippen molar-refractivity contribution in [1.82, 2.24) is 5.43 Å². The third kappa shape index (κ3) is 4.92. The molecule has 0 fully saturated rings. The second-order valence-corrected chi connectivity index (χ2v) is 6.46. The fraction of sp³-hybridized carbons (Fsp3) is 0.0870. The molecule has 0 saturated carbocycles. The minimum absolute atomic E-state index is 0.198. The Hall–Kier alpha value is -3.73. The number of amides is 2. The molecule has 0 radical (unpaired) electrons. The normalized spacial score (nSPS) is 10.6. The molecule has 0 unspecified atom stereocenters. The lowest BCUT2D eigenvalue weighted by atomic mass is 10.1. The molecule has 0 aliphatic heterocycles. The molecule has 2 amide bonds. The van der Waals surface area contributed by atoms with E-state index in [2.05, 4.69) is 21.9 Å². The first kappa shape index (κ1) is 19.0. The Morgan fingerprint density at radius 2 is 1.50 bits per heavy atom. The van der Waals surface area contributed by atoms with Crippen LogP contribution in [0.1, 0.15) is 37.4 Å². The van der Waals surface area contributed by atoms with Crippen molar-refractivity contribution < 1.29 is 9.59 Å². The van der Waals surface area contributed by atoms with Crippen LogP contribution in [0, 0.1) is 13.8 Å². The summed E-state index contributed by atoms with van der Waals surface area (Å²) in [6.07, 6.45) is 1.63. The quantitative estimate of drug-likeness (QED) is 0.518. The van der Waals surface area contributed by atoms with E-state index in [-0.39, 0.29) is 11.8 Å². The molecule has 3 aromatic rings. The van der Waals surface area contributed by atoms with Crippen molar-refractivity contribution in [2.45, 2.75) is 13.8 Å². The van der Waals surface area contributed by atoms with Gasteiger partial charge >= 0.3 is 0 Å². The smallest absolute Gasteiger partial charge is 0.271 e. The van der Waals surface area contributed by atoms with E-state index >= 15 is 0 Å². The van der Waals surface area contributed by atoms with Crippen LogP contribution in [0.2, 0.25) is 0 Å². The molecular weight excluding hydrogens is 350 g/mol. The van der Waals surface area contributed by atoms with Gasteiger partial charge in [0.15, 0.2) is 0 Å². The number of nitrogens with one attached hydrogen (secondary N) is 2. The number of carbonyl (C=O) groups is 2. The largest absolute Gasteiger partial charge is 0.322 e. The molecular formula is C23H21N3O2. The zero-order valence-corrected chi connectivity index (χ0v) is 15.8. The molecule has 0 saturated heterocycles. The van der Waals surface area contributed by atoms with Gasteiger partial charge in [0.25, 0.3) is 11.8 Å². The minimum Gasteiger partial charge on any atom is -0.322 e. The van der Waals surface area contributed by atoms with Gasteiger partial charge < -0.3 is 5.32 Å².